The molecular formula is C18H30N4O4. The standard InChI is InChI=1S/C18H30N4O4/c1-12(23)21-10-14(9-16(21)17(24)20-7-6-19)22(18(25)13-4-5-13)11-15-3-2-8-26-15/h13-16H,2-11,19H2,1H3,(H,20,24). The molecule has 3 unspecified atom stereocenters. The molecule has 8 heteroatoms. The van der Waals surface area contributed by atoms with Gasteiger partial charge in [-0.3, -0.25) is 14.4 Å². The minimum atomic E-state index is -0.539. The largest absolute Gasteiger partial charge is 0.376 e. The number of carbonyl (C=O) groups excluding carboxylic acids is 3. The molecule has 8 nitrogen and oxygen atoms in total. The zero-order chi connectivity index (χ0) is 18.7. The van der Waals surface area contributed by atoms with Crippen molar-refractivity contribution < 1.29 is 19.1 Å². The molecular weight excluding hydrogens is 336 g/mol. The fourth-order valence-corrected chi connectivity index (χ4v) is 3.94. The third-order valence-corrected chi connectivity index (χ3v) is 5.50. The van der Waals surface area contributed by atoms with Gasteiger partial charge in [-0.05, 0) is 32.1 Å². The molecule has 2 aliphatic heterocycles. The molecule has 0 aromatic rings. The summed E-state index contributed by atoms with van der Waals surface area (Å²) in [6.07, 6.45) is 4.38. The van der Waals surface area contributed by atoms with Crippen LogP contribution < -0.4 is 11.1 Å². The first-order valence-corrected chi connectivity index (χ1v) is 9.68. The van der Waals surface area contributed by atoms with Gasteiger partial charge in [0.2, 0.25) is 17.7 Å². The molecule has 0 radical (unpaired) electrons. The van der Waals surface area contributed by atoms with E-state index in [1.54, 1.807) is 4.90 Å². The number of nitrogens with zero attached hydrogens (tertiary/aromatic N) is 2. The van der Waals surface area contributed by atoms with Crippen LogP contribution in [0.15, 0.2) is 0 Å². The number of amides is 3. The molecule has 3 N–H and O–H groups in total. The highest BCUT2D eigenvalue weighted by Gasteiger charge is 2.45. The summed E-state index contributed by atoms with van der Waals surface area (Å²) < 4.78 is 5.73. The van der Waals surface area contributed by atoms with Gasteiger partial charge in [-0.25, -0.2) is 0 Å². The lowest BCUT2D eigenvalue weighted by Crippen LogP contribution is -2.47. The van der Waals surface area contributed by atoms with Crippen LogP contribution in [0, 0.1) is 5.92 Å². The third-order valence-electron chi connectivity index (χ3n) is 5.50. The van der Waals surface area contributed by atoms with E-state index in [9.17, 15) is 14.4 Å². The topological polar surface area (TPSA) is 105 Å². The summed E-state index contributed by atoms with van der Waals surface area (Å²) in [5, 5.41) is 2.77. The fourth-order valence-electron chi connectivity index (χ4n) is 3.94. The van der Waals surface area contributed by atoms with Crippen LogP contribution in [0.5, 0.6) is 0 Å². The molecule has 26 heavy (non-hydrogen) atoms. The molecule has 146 valence electrons. The van der Waals surface area contributed by atoms with Gasteiger partial charge in [0.05, 0.1) is 12.1 Å². The second kappa shape index (κ2) is 8.35. The number of nitrogens with two attached hydrogens (primary N) is 1. The van der Waals surface area contributed by atoms with Crippen LogP contribution in [-0.2, 0) is 19.1 Å². The number of nitrogens with one attached hydrogen (secondary N) is 1. The molecule has 3 atom stereocenters. The molecule has 3 fully saturated rings. The van der Waals surface area contributed by atoms with Gasteiger partial charge < -0.3 is 25.6 Å². The van der Waals surface area contributed by atoms with Crippen LogP contribution in [0.3, 0.4) is 0 Å². The summed E-state index contributed by atoms with van der Waals surface area (Å²) in [6.45, 7) is 3.91. The van der Waals surface area contributed by atoms with Crippen LogP contribution in [0.4, 0.5) is 0 Å². The Bertz CT molecular complexity index is 545. The average Bonchev–Trinajstić information content (AvgIpc) is 3.16. The summed E-state index contributed by atoms with van der Waals surface area (Å²) in [5.74, 6) is -0.0789. The van der Waals surface area contributed by atoms with E-state index in [2.05, 4.69) is 5.32 Å². The molecule has 1 aliphatic carbocycles. The Kier molecular flexibility index (Phi) is 6.13. The van der Waals surface area contributed by atoms with Gasteiger partial charge in [0.1, 0.15) is 6.04 Å². The van der Waals surface area contributed by atoms with Crippen molar-refractivity contribution in [2.24, 2.45) is 11.7 Å². The van der Waals surface area contributed by atoms with Crippen molar-refractivity contribution in [1.29, 1.82) is 0 Å². The van der Waals surface area contributed by atoms with Crippen molar-refractivity contribution in [2.45, 2.75) is 57.2 Å². The van der Waals surface area contributed by atoms with E-state index in [-0.39, 0.29) is 35.8 Å². The van der Waals surface area contributed by atoms with E-state index in [1.165, 1.54) is 6.92 Å². The number of carbonyl (C=O) groups is 3. The quantitative estimate of drug-likeness (QED) is 0.630. The van der Waals surface area contributed by atoms with Gasteiger partial charge in [0, 0.05) is 45.6 Å². The van der Waals surface area contributed by atoms with Crippen molar-refractivity contribution in [2.75, 3.05) is 32.8 Å². The highest BCUT2D eigenvalue weighted by atomic mass is 16.5. The Morgan fingerprint density at radius 2 is 2.04 bits per heavy atom. The van der Waals surface area contributed by atoms with E-state index in [1.807, 2.05) is 4.90 Å². The molecule has 3 rings (SSSR count). The lowest BCUT2D eigenvalue weighted by atomic mass is 10.1. The normalized spacial score (nSPS) is 28.2. The molecule has 2 heterocycles. The maximum atomic E-state index is 12.9. The predicted octanol–water partition coefficient (Wildman–Crippen LogP) is -0.532. The maximum absolute atomic E-state index is 12.9. The second-order valence-corrected chi connectivity index (χ2v) is 7.56. The fraction of sp³-hybridized carbons (Fsp3) is 0.833. The zero-order valence-corrected chi connectivity index (χ0v) is 15.5. The first-order chi connectivity index (χ1) is 12.5. The summed E-state index contributed by atoms with van der Waals surface area (Å²) >= 11 is 0. The average molecular weight is 366 g/mol. The smallest absolute Gasteiger partial charge is 0.242 e. The van der Waals surface area contributed by atoms with E-state index in [0.29, 0.717) is 32.6 Å². The molecule has 2 saturated heterocycles. The highest BCUT2D eigenvalue weighted by molar-refractivity contribution is 5.88. The second-order valence-electron chi connectivity index (χ2n) is 7.56. The SMILES string of the molecule is CC(=O)N1CC(N(CC2CCCO2)C(=O)C2CC2)CC1C(=O)NCCN. The third kappa shape index (κ3) is 4.35. The first kappa shape index (κ1) is 19.1. The van der Waals surface area contributed by atoms with Gasteiger partial charge >= 0.3 is 0 Å². The van der Waals surface area contributed by atoms with E-state index >= 15 is 0 Å². The highest BCUT2D eigenvalue weighted by Crippen LogP contribution is 2.34. The molecule has 3 aliphatic rings. The minimum absolute atomic E-state index is 0.0635. The van der Waals surface area contributed by atoms with E-state index < -0.39 is 6.04 Å². The Labute approximate surface area is 154 Å². The predicted molar refractivity (Wildman–Crippen MR) is 95.1 cm³/mol. The summed E-state index contributed by atoms with van der Waals surface area (Å²) in [7, 11) is 0. The van der Waals surface area contributed by atoms with Crippen LogP contribution in [-0.4, -0.2) is 78.5 Å². The minimum Gasteiger partial charge on any atom is -0.376 e. The Balaban J connectivity index is 1.71. The van der Waals surface area contributed by atoms with Gasteiger partial charge in [0.15, 0.2) is 0 Å². The molecule has 0 bridgehead atoms. The molecule has 3 amide bonds. The van der Waals surface area contributed by atoms with Crippen LogP contribution in [0.2, 0.25) is 0 Å². The van der Waals surface area contributed by atoms with Crippen LogP contribution in [0.1, 0.15) is 39.0 Å². The molecule has 0 aromatic heterocycles. The van der Waals surface area contributed by atoms with Crippen molar-refractivity contribution in [3.63, 3.8) is 0 Å². The molecule has 0 aromatic carbocycles. The maximum Gasteiger partial charge on any atom is 0.242 e. The van der Waals surface area contributed by atoms with E-state index in [4.69, 9.17) is 10.5 Å². The number of hydrogen-bond donors (Lipinski definition) is 2. The van der Waals surface area contributed by atoms with E-state index in [0.717, 1.165) is 32.3 Å². The number of likely N-dealkylation sites (tertiary alicyclic amines) is 1. The molecule has 0 spiro atoms. The van der Waals surface area contributed by atoms with Gasteiger partial charge in [-0.15, -0.1) is 0 Å². The summed E-state index contributed by atoms with van der Waals surface area (Å²) in [5.41, 5.74) is 5.45. The van der Waals surface area contributed by atoms with Crippen molar-refractivity contribution in [3.05, 3.63) is 0 Å². The Morgan fingerprint density at radius 3 is 2.62 bits per heavy atom. The monoisotopic (exact) mass is 366 g/mol. The number of rotatable bonds is 7. The lowest BCUT2D eigenvalue weighted by molar-refractivity contribution is -0.138. The Morgan fingerprint density at radius 1 is 1.27 bits per heavy atom. The van der Waals surface area contributed by atoms with Crippen LogP contribution in [0.25, 0.3) is 0 Å². The summed E-state index contributed by atoms with van der Waals surface area (Å²) in [4.78, 5) is 40.8. The summed E-state index contributed by atoms with van der Waals surface area (Å²) in [6, 6.07) is -0.673. The lowest BCUT2D eigenvalue weighted by Gasteiger charge is -2.31. The van der Waals surface area contributed by atoms with Crippen molar-refractivity contribution in [1.82, 2.24) is 15.1 Å². The first-order valence-electron chi connectivity index (χ1n) is 9.68. The van der Waals surface area contributed by atoms with Gasteiger partial charge in [0.25, 0.3) is 0 Å². The number of hydrogen-bond acceptors (Lipinski definition) is 5. The Hall–Kier alpha value is -1.67. The van der Waals surface area contributed by atoms with Crippen LogP contribution >= 0.6 is 0 Å². The van der Waals surface area contributed by atoms with Crippen molar-refractivity contribution in [3.8, 4) is 0 Å². The van der Waals surface area contributed by atoms with Gasteiger partial charge in [-0.2, -0.15) is 0 Å². The van der Waals surface area contributed by atoms with Crippen molar-refractivity contribution >= 4 is 17.7 Å². The molecule has 1 saturated carbocycles. The zero-order valence-electron chi connectivity index (χ0n) is 15.5. The number of ether oxygens (including phenoxy) is 1. The van der Waals surface area contributed by atoms with Gasteiger partial charge in [-0.1, -0.05) is 0 Å².